The lowest BCUT2D eigenvalue weighted by Gasteiger charge is -2.07. The molecule has 0 spiro atoms. The van der Waals surface area contributed by atoms with Crippen LogP contribution in [0.3, 0.4) is 0 Å². The van der Waals surface area contributed by atoms with Crippen molar-refractivity contribution in [2.75, 3.05) is 11.9 Å². The SMILES string of the molecule is CCOC(=O)c1ccc(NC(=O)c2nnn(-c3ccc(C)c(C)c3)c2C)cc1. The molecule has 0 aliphatic rings. The molecule has 3 aromatic rings. The maximum Gasteiger partial charge on any atom is 0.338 e. The highest BCUT2D eigenvalue weighted by molar-refractivity contribution is 6.03. The molecule has 1 amide bonds. The molecule has 2 aromatic carbocycles. The second-order valence-electron chi connectivity index (χ2n) is 6.46. The van der Waals surface area contributed by atoms with Gasteiger partial charge in [0.2, 0.25) is 0 Å². The summed E-state index contributed by atoms with van der Waals surface area (Å²) in [6.45, 7) is 7.93. The van der Waals surface area contributed by atoms with Crippen LogP contribution in [0.5, 0.6) is 0 Å². The van der Waals surface area contributed by atoms with E-state index in [1.807, 2.05) is 32.0 Å². The molecule has 0 unspecified atom stereocenters. The number of nitrogens with zero attached hydrogens (tertiary/aromatic N) is 3. The molecule has 1 heterocycles. The van der Waals surface area contributed by atoms with Crippen molar-refractivity contribution in [2.45, 2.75) is 27.7 Å². The van der Waals surface area contributed by atoms with Gasteiger partial charge in [0.25, 0.3) is 5.91 Å². The number of carbonyl (C=O) groups excluding carboxylic acids is 2. The number of amides is 1. The summed E-state index contributed by atoms with van der Waals surface area (Å²) in [5.41, 5.74) is 5.04. The van der Waals surface area contributed by atoms with Crippen molar-refractivity contribution in [3.8, 4) is 5.69 Å². The van der Waals surface area contributed by atoms with Crippen molar-refractivity contribution in [2.24, 2.45) is 0 Å². The van der Waals surface area contributed by atoms with Crippen molar-refractivity contribution in [1.29, 1.82) is 0 Å². The Hall–Kier alpha value is -3.48. The number of aryl methyl sites for hydroxylation is 2. The molecular weight excluding hydrogens is 356 g/mol. The summed E-state index contributed by atoms with van der Waals surface area (Å²) in [5, 5.41) is 10.9. The molecule has 0 radical (unpaired) electrons. The molecule has 7 heteroatoms. The number of hydrogen-bond acceptors (Lipinski definition) is 5. The predicted octanol–water partition coefficient (Wildman–Crippen LogP) is 3.62. The first-order chi connectivity index (χ1) is 13.4. The van der Waals surface area contributed by atoms with Crippen LogP contribution < -0.4 is 5.32 Å². The standard InChI is InChI=1S/C21H22N4O3/c1-5-28-21(27)16-7-9-17(10-8-16)22-20(26)19-15(4)25(24-23-19)18-11-6-13(2)14(3)12-18/h6-12H,5H2,1-4H3,(H,22,26). The van der Waals surface area contributed by atoms with E-state index in [9.17, 15) is 9.59 Å². The van der Waals surface area contributed by atoms with Crippen LogP contribution in [0, 0.1) is 20.8 Å². The van der Waals surface area contributed by atoms with Gasteiger partial charge in [-0.15, -0.1) is 5.10 Å². The largest absolute Gasteiger partial charge is 0.462 e. The van der Waals surface area contributed by atoms with Gasteiger partial charge in [-0.1, -0.05) is 11.3 Å². The minimum atomic E-state index is -0.396. The van der Waals surface area contributed by atoms with E-state index >= 15 is 0 Å². The molecule has 0 aliphatic heterocycles. The average Bonchev–Trinajstić information content (AvgIpc) is 3.06. The molecule has 0 fully saturated rings. The summed E-state index contributed by atoms with van der Waals surface area (Å²) in [7, 11) is 0. The molecule has 1 N–H and O–H groups in total. The first-order valence-electron chi connectivity index (χ1n) is 8.99. The third-order valence-electron chi connectivity index (χ3n) is 4.50. The van der Waals surface area contributed by atoms with Gasteiger partial charge in [0, 0.05) is 5.69 Å². The fourth-order valence-electron chi connectivity index (χ4n) is 2.74. The monoisotopic (exact) mass is 378 g/mol. The fourth-order valence-corrected chi connectivity index (χ4v) is 2.74. The third-order valence-corrected chi connectivity index (χ3v) is 4.50. The number of hydrogen-bond donors (Lipinski definition) is 1. The van der Waals surface area contributed by atoms with Crippen molar-refractivity contribution >= 4 is 17.6 Å². The van der Waals surface area contributed by atoms with Crippen LogP contribution in [0.1, 0.15) is 44.6 Å². The molecular formula is C21H22N4O3. The van der Waals surface area contributed by atoms with Crippen LogP contribution in [0.2, 0.25) is 0 Å². The zero-order chi connectivity index (χ0) is 20.3. The summed E-state index contributed by atoms with van der Waals surface area (Å²) in [6.07, 6.45) is 0. The van der Waals surface area contributed by atoms with E-state index in [2.05, 4.69) is 15.6 Å². The average molecular weight is 378 g/mol. The molecule has 0 saturated carbocycles. The van der Waals surface area contributed by atoms with Gasteiger partial charge in [-0.2, -0.15) is 0 Å². The highest BCUT2D eigenvalue weighted by Gasteiger charge is 2.18. The zero-order valence-corrected chi connectivity index (χ0v) is 16.3. The van der Waals surface area contributed by atoms with E-state index in [0.29, 0.717) is 23.6 Å². The Morgan fingerprint density at radius 3 is 2.39 bits per heavy atom. The Morgan fingerprint density at radius 1 is 1.04 bits per heavy atom. The van der Waals surface area contributed by atoms with Crippen molar-refractivity contribution in [3.05, 3.63) is 70.5 Å². The van der Waals surface area contributed by atoms with Gasteiger partial charge in [-0.3, -0.25) is 4.79 Å². The predicted molar refractivity (Wildman–Crippen MR) is 106 cm³/mol. The summed E-state index contributed by atoms with van der Waals surface area (Å²) in [5.74, 6) is -0.760. The van der Waals surface area contributed by atoms with Crippen LogP contribution in [0.15, 0.2) is 42.5 Å². The van der Waals surface area contributed by atoms with Gasteiger partial charge < -0.3 is 10.1 Å². The van der Waals surface area contributed by atoms with Gasteiger partial charge in [0.1, 0.15) is 0 Å². The highest BCUT2D eigenvalue weighted by Crippen LogP contribution is 2.17. The Morgan fingerprint density at radius 2 is 1.75 bits per heavy atom. The van der Waals surface area contributed by atoms with Crippen molar-refractivity contribution < 1.29 is 14.3 Å². The lowest BCUT2D eigenvalue weighted by molar-refractivity contribution is 0.0526. The number of carbonyl (C=O) groups is 2. The third kappa shape index (κ3) is 3.93. The van der Waals surface area contributed by atoms with Crippen LogP contribution in [-0.4, -0.2) is 33.5 Å². The van der Waals surface area contributed by atoms with E-state index in [-0.39, 0.29) is 11.6 Å². The molecule has 0 atom stereocenters. The van der Waals surface area contributed by atoms with Crippen LogP contribution >= 0.6 is 0 Å². The molecule has 1 aromatic heterocycles. The summed E-state index contributed by atoms with van der Waals surface area (Å²) < 4.78 is 6.59. The normalized spacial score (nSPS) is 10.6. The maximum absolute atomic E-state index is 12.6. The summed E-state index contributed by atoms with van der Waals surface area (Å²) >= 11 is 0. The second-order valence-corrected chi connectivity index (χ2v) is 6.46. The number of benzene rings is 2. The maximum atomic E-state index is 12.6. The molecule has 3 rings (SSSR count). The second kappa shape index (κ2) is 8.04. The number of esters is 1. The van der Waals surface area contributed by atoms with Gasteiger partial charge in [-0.25, -0.2) is 9.48 Å². The molecule has 0 bridgehead atoms. The van der Waals surface area contributed by atoms with E-state index in [4.69, 9.17) is 4.74 Å². The van der Waals surface area contributed by atoms with E-state index in [1.54, 1.807) is 42.8 Å². The van der Waals surface area contributed by atoms with E-state index < -0.39 is 5.97 Å². The lowest BCUT2D eigenvalue weighted by atomic mass is 10.1. The number of rotatable bonds is 5. The number of nitrogens with one attached hydrogen (secondary N) is 1. The molecule has 7 nitrogen and oxygen atoms in total. The first kappa shape index (κ1) is 19.3. The van der Waals surface area contributed by atoms with Gasteiger partial charge in [0.15, 0.2) is 5.69 Å². The fraction of sp³-hybridized carbons (Fsp3) is 0.238. The summed E-state index contributed by atoms with van der Waals surface area (Å²) in [4.78, 5) is 24.3. The molecule has 0 saturated heterocycles. The van der Waals surface area contributed by atoms with Gasteiger partial charge >= 0.3 is 5.97 Å². The van der Waals surface area contributed by atoms with Crippen molar-refractivity contribution in [3.63, 3.8) is 0 Å². The Labute approximate surface area is 163 Å². The minimum Gasteiger partial charge on any atom is -0.462 e. The van der Waals surface area contributed by atoms with Gasteiger partial charge in [0.05, 0.1) is 23.6 Å². The number of anilines is 1. The van der Waals surface area contributed by atoms with E-state index in [0.717, 1.165) is 11.3 Å². The van der Waals surface area contributed by atoms with E-state index in [1.165, 1.54) is 5.56 Å². The minimum absolute atomic E-state index is 0.243. The number of ether oxygens (including phenoxy) is 1. The zero-order valence-electron chi connectivity index (χ0n) is 16.3. The lowest BCUT2D eigenvalue weighted by Crippen LogP contribution is -2.14. The quantitative estimate of drug-likeness (QED) is 0.685. The highest BCUT2D eigenvalue weighted by atomic mass is 16.5. The smallest absolute Gasteiger partial charge is 0.338 e. The Kier molecular flexibility index (Phi) is 5.54. The topological polar surface area (TPSA) is 86.1 Å². The van der Waals surface area contributed by atoms with Crippen LogP contribution in [0.4, 0.5) is 5.69 Å². The van der Waals surface area contributed by atoms with Crippen LogP contribution in [-0.2, 0) is 4.74 Å². The molecule has 0 aliphatic carbocycles. The first-order valence-corrected chi connectivity index (χ1v) is 8.99. The number of aromatic nitrogens is 3. The summed E-state index contributed by atoms with van der Waals surface area (Å²) in [6, 6.07) is 12.5. The Bertz CT molecular complexity index is 1020. The molecule has 144 valence electrons. The van der Waals surface area contributed by atoms with Crippen LogP contribution in [0.25, 0.3) is 5.69 Å². The molecule has 28 heavy (non-hydrogen) atoms. The van der Waals surface area contributed by atoms with Gasteiger partial charge in [-0.05, 0) is 75.2 Å². The van der Waals surface area contributed by atoms with Crippen molar-refractivity contribution in [1.82, 2.24) is 15.0 Å². The Balaban J connectivity index is 1.77.